The molecule has 2 aliphatic heterocycles. The maximum absolute atomic E-state index is 12.9. The lowest BCUT2D eigenvalue weighted by atomic mass is 10.1. The minimum Gasteiger partial charge on any atom is -0.412 e. The number of piperazine rings is 1. The summed E-state index contributed by atoms with van der Waals surface area (Å²) in [7, 11) is 2.12. The smallest absolute Gasteiger partial charge is 0.293 e. The third kappa shape index (κ3) is 5.81. The van der Waals surface area contributed by atoms with Gasteiger partial charge < -0.3 is 15.3 Å². The first kappa shape index (κ1) is 25.2. The summed E-state index contributed by atoms with van der Waals surface area (Å²) in [5.74, 6) is -0.247. The molecule has 0 unspecified atom stereocenters. The maximum Gasteiger partial charge on any atom is 0.293 e. The van der Waals surface area contributed by atoms with E-state index in [4.69, 9.17) is 11.6 Å². The van der Waals surface area contributed by atoms with Gasteiger partial charge in [0.15, 0.2) is 0 Å². The number of nitrogens with zero attached hydrogens (tertiary/aromatic N) is 3. The van der Waals surface area contributed by atoms with Crippen molar-refractivity contribution in [1.82, 2.24) is 9.80 Å². The molecule has 0 atom stereocenters. The summed E-state index contributed by atoms with van der Waals surface area (Å²) in [6, 6.07) is 15.2. The van der Waals surface area contributed by atoms with Crippen LogP contribution < -0.4 is 4.90 Å². The van der Waals surface area contributed by atoms with Crippen LogP contribution in [0.5, 0.6) is 0 Å². The predicted octanol–water partition coefficient (Wildman–Crippen LogP) is 3.93. The van der Waals surface area contributed by atoms with Gasteiger partial charge >= 0.3 is 0 Å². The zero-order valence-corrected chi connectivity index (χ0v) is 19.5. The van der Waals surface area contributed by atoms with Gasteiger partial charge in [-0.25, -0.2) is 0 Å². The van der Waals surface area contributed by atoms with Crippen LogP contribution in [0, 0.1) is 0 Å². The molecule has 2 N–H and O–H groups in total. The number of thioether (sulfide) groups is 1. The van der Waals surface area contributed by atoms with Crippen molar-refractivity contribution in [2.75, 3.05) is 38.1 Å². The number of amides is 2. The molecule has 2 aromatic rings. The summed E-state index contributed by atoms with van der Waals surface area (Å²) in [4.78, 5) is 31.8. The molecule has 2 heterocycles. The number of rotatable bonds is 4. The molecule has 6 nitrogen and oxygen atoms in total. The number of para-hydroxylation sites is 1. The topological polar surface area (TPSA) is 75.4 Å². The maximum atomic E-state index is 12.9. The number of likely N-dealkylation sites (N-methyl/N-ethyl adjacent to an activating group) is 1. The van der Waals surface area contributed by atoms with Gasteiger partial charge in [0.2, 0.25) is 0 Å². The van der Waals surface area contributed by atoms with Crippen LogP contribution in [0.1, 0.15) is 11.1 Å². The zero-order chi connectivity index (χ0) is 20.4. The van der Waals surface area contributed by atoms with E-state index in [0.29, 0.717) is 9.93 Å². The lowest BCUT2D eigenvalue weighted by Gasteiger charge is -2.34. The zero-order valence-electron chi connectivity index (χ0n) is 17.1. The van der Waals surface area contributed by atoms with Crippen molar-refractivity contribution in [3.63, 3.8) is 0 Å². The van der Waals surface area contributed by atoms with Crippen molar-refractivity contribution in [2.45, 2.75) is 6.54 Å². The third-order valence-corrected chi connectivity index (χ3v) is 6.35. The number of halogens is 2. The number of anilines is 1. The van der Waals surface area contributed by atoms with Crippen LogP contribution in [0.2, 0.25) is 5.02 Å². The lowest BCUT2D eigenvalue weighted by Crippen LogP contribution is -2.44. The van der Waals surface area contributed by atoms with Crippen molar-refractivity contribution in [3.05, 3.63) is 69.6 Å². The summed E-state index contributed by atoms with van der Waals surface area (Å²) < 4.78 is 0. The second-order valence-electron chi connectivity index (χ2n) is 7.24. The monoisotopic (exact) mass is 481 g/mol. The van der Waals surface area contributed by atoms with E-state index < -0.39 is 0 Å². The van der Waals surface area contributed by atoms with Gasteiger partial charge in [0, 0.05) is 36.9 Å². The number of carbonyl (C=O) groups is 2. The summed E-state index contributed by atoms with van der Waals surface area (Å²) in [6.45, 7) is 4.15. The molecule has 2 aromatic carbocycles. The van der Waals surface area contributed by atoms with Gasteiger partial charge in [-0.3, -0.25) is 14.5 Å². The Labute approximate surface area is 197 Å². The fraction of sp³-hybridized carbons (Fsp3) is 0.273. The van der Waals surface area contributed by atoms with E-state index in [0.717, 1.165) is 54.8 Å². The van der Waals surface area contributed by atoms with Crippen molar-refractivity contribution >= 4 is 58.7 Å². The quantitative estimate of drug-likeness (QED) is 0.618. The molecular weight excluding hydrogens is 457 g/mol. The normalized spacial score (nSPS) is 18.2. The highest BCUT2D eigenvalue weighted by atomic mass is 35.5. The minimum absolute atomic E-state index is 0. The van der Waals surface area contributed by atoms with Crippen LogP contribution in [0.3, 0.4) is 0 Å². The average molecular weight is 482 g/mol. The number of hydrogen-bond donors (Lipinski definition) is 0. The minimum atomic E-state index is -0.247. The van der Waals surface area contributed by atoms with Gasteiger partial charge in [0.1, 0.15) is 0 Å². The highest BCUT2D eigenvalue weighted by molar-refractivity contribution is 8.18. The van der Waals surface area contributed by atoms with Crippen LogP contribution in [0.25, 0.3) is 6.08 Å². The molecule has 4 rings (SSSR count). The lowest BCUT2D eigenvalue weighted by molar-refractivity contribution is -0.123. The van der Waals surface area contributed by atoms with E-state index in [2.05, 4.69) is 22.9 Å². The molecule has 0 radical (unpaired) electrons. The van der Waals surface area contributed by atoms with E-state index in [-0.39, 0.29) is 35.6 Å². The van der Waals surface area contributed by atoms with Crippen molar-refractivity contribution in [1.29, 1.82) is 0 Å². The second kappa shape index (κ2) is 11.0. The van der Waals surface area contributed by atoms with Crippen LogP contribution in [-0.4, -0.2) is 59.6 Å². The summed E-state index contributed by atoms with van der Waals surface area (Å²) in [5.41, 5.74) is 2.94. The highest BCUT2D eigenvalue weighted by Gasteiger charge is 2.35. The largest absolute Gasteiger partial charge is 0.412 e. The van der Waals surface area contributed by atoms with Crippen LogP contribution >= 0.6 is 35.8 Å². The Balaban J connectivity index is 0.00000171. The second-order valence-corrected chi connectivity index (χ2v) is 8.67. The van der Waals surface area contributed by atoms with E-state index >= 15 is 0 Å². The molecule has 2 saturated heterocycles. The van der Waals surface area contributed by atoms with E-state index in [1.165, 1.54) is 4.90 Å². The van der Waals surface area contributed by atoms with Gasteiger partial charge in [0.05, 0.1) is 11.4 Å². The Kier molecular flexibility index (Phi) is 8.97. The SMILES string of the molecule is CN1CCN(c2ccccc2C=C2SC(=O)N(Cc3ccc(Cl)cc3)C2=O)CC1.Cl.O. The van der Waals surface area contributed by atoms with Crippen LogP contribution in [-0.2, 0) is 11.3 Å². The summed E-state index contributed by atoms with van der Waals surface area (Å²) in [6.07, 6.45) is 1.85. The molecule has 2 fully saturated rings. The fourth-order valence-corrected chi connectivity index (χ4v) is 4.45. The van der Waals surface area contributed by atoms with Gasteiger partial charge in [-0.1, -0.05) is 41.9 Å². The van der Waals surface area contributed by atoms with Crippen LogP contribution in [0.15, 0.2) is 53.4 Å². The van der Waals surface area contributed by atoms with E-state index in [1.807, 2.05) is 36.4 Å². The Morgan fingerprint density at radius 3 is 2.32 bits per heavy atom. The van der Waals surface area contributed by atoms with Gasteiger partial charge in [-0.15, -0.1) is 12.4 Å². The average Bonchev–Trinajstić information content (AvgIpc) is 2.98. The Morgan fingerprint density at radius 1 is 1.00 bits per heavy atom. The molecule has 0 aromatic heterocycles. The number of carbonyl (C=O) groups excluding carboxylic acids is 2. The van der Waals surface area contributed by atoms with Crippen LogP contribution in [0.4, 0.5) is 10.5 Å². The molecule has 0 aliphatic carbocycles. The summed E-state index contributed by atoms with van der Waals surface area (Å²) >= 11 is 6.92. The fourth-order valence-electron chi connectivity index (χ4n) is 3.49. The molecular formula is C22H25Cl2N3O3S. The van der Waals surface area contributed by atoms with Gasteiger partial charge in [0.25, 0.3) is 11.1 Å². The number of hydrogen-bond acceptors (Lipinski definition) is 5. The third-order valence-electron chi connectivity index (χ3n) is 5.19. The molecule has 2 amide bonds. The molecule has 0 saturated carbocycles. The molecule has 166 valence electrons. The standard InChI is InChI=1S/C22H22ClN3O2S.ClH.H2O/c1-24-10-12-25(13-11-24)19-5-3-2-4-17(19)14-20-21(27)26(22(28)29-20)15-16-6-8-18(23)9-7-16;;/h2-9,14H,10-13,15H2,1H3;1H;1H2. The van der Waals surface area contributed by atoms with Crippen molar-refractivity contribution in [3.8, 4) is 0 Å². The first-order valence-corrected chi connectivity index (χ1v) is 10.7. The molecule has 9 heteroatoms. The molecule has 0 spiro atoms. The summed E-state index contributed by atoms with van der Waals surface area (Å²) in [5, 5.41) is 0.386. The van der Waals surface area contributed by atoms with Crippen molar-refractivity contribution < 1.29 is 15.1 Å². The van der Waals surface area contributed by atoms with Crippen molar-refractivity contribution in [2.24, 2.45) is 0 Å². The number of imide groups is 1. The Bertz CT molecular complexity index is 961. The molecule has 31 heavy (non-hydrogen) atoms. The van der Waals surface area contributed by atoms with Gasteiger partial charge in [-0.2, -0.15) is 0 Å². The number of benzene rings is 2. The highest BCUT2D eigenvalue weighted by Crippen LogP contribution is 2.35. The van der Waals surface area contributed by atoms with E-state index in [1.54, 1.807) is 12.1 Å². The first-order valence-electron chi connectivity index (χ1n) is 9.53. The Morgan fingerprint density at radius 2 is 1.65 bits per heavy atom. The van der Waals surface area contributed by atoms with Gasteiger partial charge in [-0.05, 0) is 54.2 Å². The molecule has 2 aliphatic rings. The first-order chi connectivity index (χ1) is 14.0. The Hall–Kier alpha value is -2.03. The molecule has 0 bridgehead atoms. The predicted molar refractivity (Wildman–Crippen MR) is 130 cm³/mol. The van der Waals surface area contributed by atoms with E-state index in [9.17, 15) is 9.59 Å².